The Hall–Kier alpha value is -2.99. The number of anilines is 1. The lowest BCUT2D eigenvalue weighted by Crippen LogP contribution is -2.29. The monoisotopic (exact) mass is 451 g/mol. The second kappa shape index (κ2) is 9.25. The van der Waals surface area contributed by atoms with E-state index in [2.05, 4.69) is 48.8 Å². The Balaban J connectivity index is 1.58. The highest BCUT2D eigenvalue weighted by Gasteiger charge is 2.25. The molecular formula is C26H26FNO3S. The van der Waals surface area contributed by atoms with E-state index in [-0.39, 0.29) is 11.9 Å². The number of benzene rings is 3. The number of ether oxygens (including phenoxy) is 1. The molecule has 1 N–H and O–H groups in total. The van der Waals surface area contributed by atoms with Crippen LogP contribution in [-0.4, -0.2) is 30.5 Å². The van der Waals surface area contributed by atoms with E-state index >= 15 is 0 Å². The maximum atomic E-state index is 14.3. The third-order valence-corrected chi connectivity index (χ3v) is 6.58. The molecule has 0 fully saturated rings. The predicted molar refractivity (Wildman–Crippen MR) is 128 cm³/mol. The predicted octanol–water partition coefficient (Wildman–Crippen LogP) is 5.55. The van der Waals surface area contributed by atoms with E-state index in [4.69, 9.17) is 9.84 Å². The summed E-state index contributed by atoms with van der Waals surface area (Å²) in [5, 5.41) is 8.44. The van der Waals surface area contributed by atoms with Gasteiger partial charge in [0.15, 0.2) is 0 Å². The van der Waals surface area contributed by atoms with Crippen molar-refractivity contribution < 1.29 is 19.0 Å². The molecule has 0 radical (unpaired) electrons. The molecule has 166 valence electrons. The normalized spacial score (nSPS) is 16.4. The van der Waals surface area contributed by atoms with Gasteiger partial charge >= 0.3 is 5.97 Å². The summed E-state index contributed by atoms with van der Waals surface area (Å²) in [4.78, 5) is 13.4. The number of thiol groups is 1. The van der Waals surface area contributed by atoms with Gasteiger partial charge in [0.25, 0.3) is 0 Å². The maximum absolute atomic E-state index is 14.3. The van der Waals surface area contributed by atoms with Crippen molar-refractivity contribution in [3.05, 3.63) is 83.2 Å². The van der Waals surface area contributed by atoms with Gasteiger partial charge in [-0.15, -0.1) is 0 Å². The lowest BCUT2D eigenvalue weighted by molar-refractivity contribution is -0.136. The van der Waals surface area contributed by atoms with Crippen molar-refractivity contribution in [2.75, 3.05) is 19.1 Å². The molecule has 1 heterocycles. The first-order chi connectivity index (χ1) is 15.4. The molecule has 2 atom stereocenters. The van der Waals surface area contributed by atoms with E-state index in [1.165, 1.54) is 11.6 Å². The van der Waals surface area contributed by atoms with Crippen LogP contribution < -0.4 is 9.64 Å². The number of methoxy groups -OCH3 is 1. The number of carboxylic acids is 1. The first-order valence-corrected chi connectivity index (χ1v) is 11.1. The molecule has 0 aliphatic carbocycles. The Labute approximate surface area is 193 Å². The van der Waals surface area contributed by atoms with Crippen LogP contribution in [0.1, 0.15) is 29.2 Å². The van der Waals surface area contributed by atoms with E-state index < -0.39 is 11.2 Å². The van der Waals surface area contributed by atoms with Crippen molar-refractivity contribution in [3.8, 4) is 16.9 Å². The van der Waals surface area contributed by atoms with Crippen LogP contribution in [0.3, 0.4) is 0 Å². The number of aryl methyl sites for hydroxylation is 1. The van der Waals surface area contributed by atoms with Crippen molar-refractivity contribution in [1.29, 1.82) is 0 Å². The van der Waals surface area contributed by atoms with Gasteiger partial charge in [-0.25, -0.2) is 4.39 Å². The van der Waals surface area contributed by atoms with Crippen molar-refractivity contribution in [2.24, 2.45) is 0 Å². The number of halogens is 1. The topological polar surface area (TPSA) is 49.8 Å². The minimum atomic E-state index is -0.912. The quantitative estimate of drug-likeness (QED) is 0.483. The summed E-state index contributed by atoms with van der Waals surface area (Å²) < 4.78 is 19.6. The number of hydrogen-bond acceptors (Lipinski definition) is 4. The van der Waals surface area contributed by atoms with E-state index in [0.717, 1.165) is 35.2 Å². The second-order valence-electron chi connectivity index (χ2n) is 8.15. The number of rotatable bonds is 6. The molecule has 4 rings (SSSR count). The van der Waals surface area contributed by atoms with E-state index in [9.17, 15) is 9.18 Å². The van der Waals surface area contributed by atoms with Gasteiger partial charge in [0.2, 0.25) is 0 Å². The van der Waals surface area contributed by atoms with Crippen LogP contribution in [0, 0.1) is 5.82 Å². The van der Waals surface area contributed by atoms with Gasteiger partial charge in [-0.3, -0.25) is 4.79 Å². The molecular weight excluding hydrogens is 425 g/mol. The SMILES string of the molecule is COc1ccc(F)c(-c2ccc(C3CCc4ccc(CC(S)C(=O)O)cc4N3C)cc2)c1. The van der Waals surface area contributed by atoms with Gasteiger partial charge < -0.3 is 14.7 Å². The lowest BCUT2D eigenvalue weighted by atomic mass is 9.89. The van der Waals surface area contributed by atoms with Gasteiger partial charge in [0.1, 0.15) is 16.8 Å². The molecule has 0 spiro atoms. The molecule has 0 saturated carbocycles. The summed E-state index contributed by atoms with van der Waals surface area (Å²) in [5.41, 5.74) is 5.82. The first-order valence-electron chi connectivity index (χ1n) is 10.6. The molecule has 1 aliphatic heterocycles. The van der Waals surface area contributed by atoms with Crippen LogP contribution in [-0.2, 0) is 17.6 Å². The molecule has 6 heteroatoms. The Bertz CT molecular complexity index is 1130. The third-order valence-electron chi connectivity index (χ3n) is 6.18. The minimum Gasteiger partial charge on any atom is -0.497 e. The van der Waals surface area contributed by atoms with E-state index in [1.54, 1.807) is 19.2 Å². The van der Waals surface area contributed by atoms with Crippen LogP contribution >= 0.6 is 12.6 Å². The molecule has 3 aromatic carbocycles. The van der Waals surface area contributed by atoms with Gasteiger partial charge in [-0.2, -0.15) is 12.6 Å². The molecule has 32 heavy (non-hydrogen) atoms. The zero-order valence-electron chi connectivity index (χ0n) is 18.1. The number of aliphatic carboxylic acids is 1. The first kappa shape index (κ1) is 22.2. The van der Waals surface area contributed by atoms with Gasteiger partial charge in [-0.1, -0.05) is 36.4 Å². The highest BCUT2D eigenvalue weighted by atomic mass is 32.1. The Morgan fingerprint density at radius 1 is 1.19 bits per heavy atom. The summed E-state index contributed by atoms with van der Waals surface area (Å²) in [6, 6.07) is 19.1. The summed E-state index contributed by atoms with van der Waals surface area (Å²) >= 11 is 4.17. The molecule has 0 bridgehead atoms. The molecule has 3 aromatic rings. The van der Waals surface area contributed by atoms with Gasteiger partial charge in [-0.05, 0) is 65.8 Å². The zero-order valence-corrected chi connectivity index (χ0v) is 19.0. The summed E-state index contributed by atoms with van der Waals surface area (Å²) in [5.74, 6) is -0.570. The van der Waals surface area contributed by atoms with E-state index in [0.29, 0.717) is 17.7 Å². The minimum absolute atomic E-state index is 0.188. The standard InChI is InChI=1S/C26H26FNO3S/c1-28-23(12-9-19-4-3-16(13-24(19)28)14-25(32)26(29)30)18-7-5-17(6-8-18)21-15-20(31-2)10-11-22(21)27/h3-8,10-11,13,15,23,25,32H,9,12,14H2,1-2H3,(H,29,30). The second-order valence-corrected chi connectivity index (χ2v) is 8.78. The smallest absolute Gasteiger partial charge is 0.316 e. The Morgan fingerprint density at radius 3 is 2.62 bits per heavy atom. The average molecular weight is 452 g/mol. The Morgan fingerprint density at radius 2 is 1.94 bits per heavy atom. The lowest BCUT2D eigenvalue weighted by Gasteiger charge is -2.37. The van der Waals surface area contributed by atoms with Gasteiger partial charge in [0.05, 0.1) is 13.2 Å². The average Bonchev–Trinajstić information content (AvgIpc) is 2.80. The fourth-order valence-electron chi connectivity index (χ4n) is 4.37. The van der Waals surface area contributed by atoms with Crippen molar-refractivity contribution in [3.63, 3.8) is 0 Å². The number of carboxylic acid groups (broad SMARTS) is 1. The summed E-state index contributed by atoms with van der Waals surface area (Å²) in [6.45, 7) is 0. The highest BCUT2D eigenvalue weighted by molar-refractivity contribution is 7.81. The molecule has 0 saturated heterocycles. The number of nitrogens with zero attached hydrogens (tertiary/aromatic N) is 1. The van der Waals surface area contributed by atoms with Gasteiger partial charge in [0, 0.05) is 18.3 Å². The van der Waals surface area contributed by atoms with Crippen molar-refractivity contribution in [1.82, 2.24) is 0 Å². The highest BCUT2D eigenvalue weighted by Crippen LogP contribution is 2.39. The largest absolute Gasteiger partial charge is 0.497 e. The summed E-state index contributed by atoms with van der Waals surface area (Å²) in [6.07, 6.45) is 2.30. The van der Waals surface area contributed by atoms with Crippen LogP contribution in [0.15, 0.2) is 60.7 Å². The fraction of sp³-hybridized carbons (Fsp3) is 0.269. The van der Waals surface area contributed by atoms with E-state index in [1.807, 2.05) is 18.2 Å². The maximum Gasteiger partial charge on any atom is 0.316 e. The van der Waals surface area contributed by atoms with Crippen LogP contribution in [0.2, 0.25) is 0 Å². The number of carbonyl (C=O) groups is 1. The van der Waals surface area contributed by atoms with Crippen LogP contribution in [0.5, 0.6) is 5.75 Å². The molecule has 1 aliphatic rings. The Kier molecular flexibility index (Phi) is 6.42. The number of fused-ring (bicyclic) bond motifs is 1. The summed E-state index contributed by atoms with van der Waals surface area (Å²) in [7, 11) is 3.64. The molecule has 4 nitrogen and oxygen atoms in total. The van der Waals surface area contributed by atoms with Crippen molar-refractivity contribution >= 4 is 24.3 Å². The van der Waals surface area contributed by atoms with Crippen LogP contribution in [0.4, 0.5) is 10.1 Å². The third kappa shape index (κ3) is 4.46. The molecule has 2 unspecified atom stereocenters. The molecule has 0 aromatic heterocycles. The fourth-order valence-corrected chi connectivity index (χ4v) is 4.58. The van der Waals surface area contributed by atoms with Crippen molar-refractivity contribution in [2.45, 2.75) is 30.6 Å². The van der Waals surface area contributed by atoms with Crippen LogP contribution in [0.25, 0.3) is 11.1 Å². The zero-order chi connectivity index (χ0) is 22.8. The molecule has 0 amide bonds. The number of hydrogen-bond donors (Lipinski definition) is 2.